The molecule has 1 rings (SSSR count). The van der Waals surface area contributed by atoms with Crippen molar-refractivity contribution in [3.05, 3.63) is 0 Å². The summed E-state index contributed by atoms with van der Waals surface area (Å²) < 4.78 is 4.88. The number of aliphatic carboxylic acids is 1. The summed E-state index contributed by atoms with van der Waals surface area (Å²) in [7, 11) is 1.38. The summed E-state index contributed by atoms with van der Waals surface area (Å²) in [5, 5.41) is 17.3. The minimum atomic E-state index is -1.11. The highest BCUT2D eigenvalue weighted by Gasteiger charge is 2.39. The Labute approximate surface area is 74.7 Å². The van der Waals surface area contributed by atoms with E-state index in [1.54, 1.807) is 0 Å². The molecule has 1 aliphatic rings. The molecule has 1 heterocycles. The van der Waals surface area contributed by atoms with Gasteiger partial charge in [-0.2, -0.15) is 0 Å². The molecular formula is C7H11NO5. The lowest BCUT2D eigenvalue weighted by Crippen LogP contribution is -2.28. The molecule has 0 aromatic rings. The van der Waals surface area contributed by atoms with Gasteiger partial charge in [0.15, 0.2) is 0 Å². The van der Waals surface area contributed by atoms with E-state index in [4.69, 9.17) is 14.9 Å². The monoisotopic (exact) mass is 189 g/mol. The number of likely N-dealkylation sites (tertiary alicyclic amines) is 1. The predicted molar refractivity (Wildman–Crippen MR) is 41.5 cm³/mol. The third-order valence-electron chi connectivity index (χ3n) is 2.16. The highest BCUT2D eigenvalue weighted by atomic mass is 16.5. The molecule has 0 bridgehead atoms. The van der Waals surface area contributed by atoms with Crippen molar-refractivity contribution in [1.82, 2.24) is 4.90 Å². The summed E-state index contributed by atoms with van der Waals surface area (Å²) in [5.41, 5.74) is 0. The van der Waals surface area contributed by atoms with Crippen LogP contribution in [0.15, 0.2) is 0 Å². The van der Waals surface area contributed by atoms with Crippen molar-refractivity contribution < 1.29 is 24.5 Å². The Morgan fingerprint density at radius 3 is 2.31 bits per heavy atom. The van der Waals surface area contributed by atoms with Crippen LogP contribution in [0.2, 0.25) is 0 Å². The lowest BCUT2D eigenvalue weighted by Gasteiger charge is -2.10. The van der Waals surface area contributed by atoms with Gasteiger partial charge in [0, 0.05) is 13.7 Å². The van der Waals surface area contributed by atoms with E-state index in [-0.39, 0.29) is 13.1 Å². The Morgan fingerprint density at radius 1 is 1.38 bits per heavy atom. The molecule has 0 aromatic heterocycles. The van der Waals surface area contributed by atoms with Gasteiger partial charge in [-0.05, 0) is 0 Å². The summed E-state index contributed by atoms with van der Waals surface area (Å²) in [5.74, 6) is -1.77. The van der Waals surface area contributed by atoms with Crippen molar-refractivity contribution in [2.45, 2.75) is 6.10 Å². The number of hydrogen-bond donors (Lipinski definition) is 2. The maximum absolute atomic E-state index is 10.6. The van der Waals surface area contributed by atoms with Gasteiger partial charge in [-0.25, -0.2) is 4.79 Å². The minimum Gasteiger partial charge on any atom is -0.481 e. The molecule has 0 saturated carbocycles. The summed E-state index contributed by atoms with van der Waals surface area (Å²) in [4.78, 5) is 22.2. The number of ether oxygens (including phenoxy) is 1. The molecule has 2 N–H and O–H groups in total. The fourth-order valence-corrected chi connectivity index (χ4v) is 1.41. The highest BCUT2D eigenvalue weighted by molar-refractivity contribution is 5.74. The number of hydrogen-bond acceptors (Lipinski definition) is 3. The molecule has 0 unspecified atom stereocenters. The van der Waals surface area contributed by atoms with Crippen LogP contribution in [0, 0.1) is 5.92 Å². The molecule has 6 nitrogen and oxygen atoms in total. The second-order valence-corrected chi connectivity index (χ2v) is 2.91. The maximum atomic E-state index is 10.6. The molecule has 6 heteroatoms. The number of methoxy groups -OCH3 is 1. The first-order chi connectivity index (χ1) is 6.06. The maximum Gasteiger partial charge on any atom is 0.407 e. The zero-order valence-corrected chi connectivity index (χ0v) is 7.14. The fourth-order valence-electron chi connectivity index (χ4n) is 1.41. The quantitative estimate of drug-likeness (QED) is 0.622. The van der Waals surface area contributed by atoms with Gasteiger partial charge in [-0.1, -0.05) is 0 Å². The summed E-state index contributed by atoms with van der Waals surface area (Å²) in [6, 6.07) is 0. The molecule has 0 aliphatic carbocycles. The predicted octanol–water partition coefficient (Wildman–Crippen LogP) is -0.304. The first-order valence-corrected chi connectivity index (χ1v) is 3.79. The Balaban J connectivity index is 2.66. The fraction of sp³-hybridized carbons (Fsp3) is 0.714. The van der Waals surface area contributed by atoms with Crippen molar-refractivity contribution >= 4 is 12.1 Å². The molecule has 74 valence electrons. The van der Waals surface area contributed by atoms with Crippen LogP contribution in [0.4, 0.5) is 4.79 Å². The highest BCUT2D eigenvalue weighted by Crippen LogP contribution is 2.19. The van der Waals surface area contributed by atoms with Crippen molar-refractivity contribution in [3.8, 4) is 0 Å². The van der Waals surface area contributed by atoms with Gasteiger partial charge in [-0.3, -0.25) is 4.79 Å². The first kappa shape index (κ1) is 9.79. The van der Waals surface area contributed by atoms with E-state index >= 15 is 0 Å². The minimum absolute atomic E-state index is 0.00315. The molecule has 13 heavy (non-hydrogen) atoms. The molecule has 0 spiro atoms. The van der Waals surface area contributed by atoms with Crippen molar-refractivity contribution in [1.29, 1.82) is 0 Å². The Hall–Kier alpha value is -1.30. The smallest absolute Gasteiger partial charge is 0.407 e. The van der Waals surface area contributed by atoms with Crippen molar-refractivity contribution in [2.24, 2.45) is 5.92 Å². The third kappa shape index (κ3) is 1.89. The topological polar surface area (TPSA) is 87.1 Å². The largest absolute Gasteiger partial charge is 0.481 e. The van der Waals surface area contributed by atoms with E-state index in [2.05, 4.69) is 0 Å². The van der Waals surface area contributed by atoms with E-state index < -0.39 is 24.1 Å². The van der Waals surface area contributed by atoms with Crippen LogP contribution < -0.4 is 0 Å². The van der Waals surface area contributed by atoms with Crippen LogP contribution in [0.1, 0.15) is 0 Å². The number of carboxylic acid groups (broad SMARTS) is 2. The van der Waals surface area contributed by atoms with Gasteiger partial charge in [0.1, 0.15) is 5.92 Å². The van der Waals surface area contributed by atoms with Crippen molar-refractivity contribution in [2.75, 3.05) is 20.2 Å². The van der Waals surface area contributed by atoms with Crippen LogP contribution in [-0.4, -0.2) is 53.5 Å². The SMILES string of the molecule is CO[C@H]1CN(C(=O)O)C[C@@H]1C(=O)O. The Bertz CT molecular complexity index is 229. The summed E-state index contributed by atoms with van der Waals surface area (Å²) in [6.45, 7) is 0.131. The molecule has 1 saturated heterocycles. The standard InChI is InChI=1S/C7H11NO5/c1-13-5-3-8(7(11)12)2-4(5)6(9)10/h4-5H,2-3H2,1H3,(H,9,10)(H,11,12)/t4-,5-/m0/s1. The van der Waals surface area contributed by atoms with E-state index in [0.29, 0.717) is 0 Å². The molecule has 1 fully saturated rings. The molecular weight excluding hydrogens is 178 g/mol. The van der Waals surface area contributed by atoms with Crippen LogP contribution in [0.25, 0.3) is 0 Å². The zero-order chi connectivity index (χ0) is 10.0. The van der Waals surface area contributed by atoms with Crippen LogP contribution >= 0.6 is 0 Å². The normalized spacial score (nSPS) is 27.6. The Kier molecular flexibility index (Phi) is 2.72. The lowest BCUT2D eigenvalue weighted by atomic mass is 10.1. The van der Waals surface area contributed by atoms with Crippen LogP contribution in [-0.2, 0) is 9.53 Å². The Morgan fingerprint density at radius 2 is 2.00 bits per heavy atom. The van der Waals surface area contributed by atoms with E-state index in [9.17, 15) is 9.59 Å². The third-order valence-corrected chi connectivity index (χ3v) is 2.16. The first-order valence-electron chi connectivity index (χ1n) is 3.79. The van der Waals surface area contributed by atoms with Gasteiger partial charge in [0.2, 0.25) is 0 Å². The van der Waals surface area contributed by atoms with Gasteiger partial charge in [0.25, 0.3) is 0 Å². The van der Waals surface area contributed by atoms with Gasteiger partial charge in [-0.15, -0.1) is 0 Å². The van der Waals surface area contributed by atoms with Gasteiger partial charge >= 0.3 is 12.1 Å². The van der Waals surface area contributed by atoms with Gasteiger partial charge < -0.3 is 19.8 Å². The average molecular weight is 189 g/mol. The van der Waals surface area contributed by atoms with E-state index in [1.807, 2.05) is 0 Å². The van der Waals surface area contributed by atoms with E-state index in [0.717, 1.165) is 4.90 Å². The van der Waals surface area contributed by atoms with E-state index in [1.165, 1.54) is 7.11 Å². The molecule has 1 amide bonds. The number of carbonyl (C=O) groups is 2. The molecule has 1 aliphatic heterocycles. The number of nitrogens with zero attached hydrogens (tertiary/aromatic N) is 1. The van der Waals surface area contributed by atoms with Gasteiger partial charge in [0.05, 0.1) is 12.6 Å². The average Bonchev–Trinajstić information content (AvgIpc) is 2.47. The lowest BCUT2D eigenvalue weighted by molar-refractivity contribution is -0.144. The second kappa shape index (κ2) is 3.61. The zero-order valence-electron chi connectivity index (χ0n) is 7.14. The summed E-state index contributed by atoms with van der Waals surface area (Å²) in [6.07, 6.45) is -1.64. The molecule has 2 atom stereocenters. The van der Waals surface area contributed by atoms with Crippen LogP contribution in [0.5, 0.6) is 0 Å². The summed E-state index contributed by atoms with van der Waals surface area (Å²) >= 11 is 0. The van der Waals surface area contributed by atoms with Crippen molar-refractivity contribution in [3.63, 3.8) is 0 Å². The second-order valence-electron chi connectivity index (χ2n) is 2.91. The molecule has 0 aromatic carbocycles. The number of amides is 1. The number of rotatable bonds is 2. The molecule has 0 radical (unpaired) electrons. The van der Waals surface area contributed by atoms with Crippen LogP contribution in [0.3, 0.4) is 0 Å². The number of carboxylic acids is 1.